The van der Waals surface area contributed by atoms with Gasteiger partial charge in [-0.3, -0.25) is 4.79 Å². The van der Waals surface area contributed by atoms with Crippen molar-refractivity contribution in [2.45, 2.75) is 38.1 Å². The molecule has 1 heterocycles. The van der Waals surface area contributed by atoms with E-state index in [2.05, 4.69) is 27.3 Å². The highest BCUT2D eigenvalue weighted by atomic mass is 32.1. The largest absolute Gasteiger partial charge is 0.480 e. The fourth-order valence-corrected chi connectivity index (χ4v) is 3.84. The molecule has 0 bridgehead atoms. The average Bonchev–Trinajstić information content (AvgIpc) is 3.50. The first-order valence-corrected chi connectivity index (χ1v) is 11.9. The third-order valence-electron chi connectivity index (χ3n) is 4.51. The first-order chi connectivity index (χ1) is 16.4. The molecule has 1 amide bonds. The smallest absolute Gasteiger partial charge is 0.326 e. The van der Waals surface area contributed by atoms with E-state index < -0.39 is 17.9 Å². The molecule has 1 aromatic heterocycles. The summed E-state index contributed by atoms with van der Waals surface area (Å²) in [7, 11) is 3.25. The number of aldehydes is 1. The Labute approximate surface area is 208 Å². The Hall–Kier alpha value is -3.01. The number of thiocarbonyl (C=S) groups is 1. The van der Waals surface area contributed by atoms with Gasteiger partial charge in [0.25, 0.3) is 0 Å². The number of benzene rings is 2. The van der Waals surface area contributed by atoms with Gasteiger partial charge in [-0.15, -0.1) is 11.3 Å². The Balaban J connectivity index is 0.000000506. The van der Waals surface area contributed by atoms with Gasteiger partial charge in [0.05, 0.1) is 16.6 Å². The van der Waals surface area contributed by atoms with Crippen LogP contribution in [0.3, 0.4) is 0 Å². The van der Waals surface area contributed by atoms with Gasteiger partial charge in [-0.2, -0.15) is 0 Å². The number of aliphatic carboxylic acids is 1. The van der Waals surface area contributed by atoms with E-state index in [1.807, 2.05) is 48.5 Å². The van der Waals surface area contributed by atoms with Crippen molar-refractivity contribution < 1.29 is 24.2 Å². The van der Waals surface area contributed by atoms with Gasteiger partial charge in [-0.25, -0.2) is 9.78 Å². The van der Waals surface area contributed by atoms with Crippen molar-refractivity contribution in [1.82, 2.24) is 10.3 Å². The molecule has 0 saturated heterocycles. The molecule has 4 rings (SSSR count). The molecule has 34 heavy (non-hydrogen) atoms. The molecular weight excluding hydrogens is 472 g/mol. The normalized spacial score (nSPS) is 12.5. The van der Waals surface area contributed by atoms with Crippen molar-refractivity contribution in [3.63, 3.8) is 0 Å². The fourth-order valence-electron chi connectivity index (χ4n) is 2.79. The van der Waals surface area contributed by atoms with Crippen LogP contribution in [0.2, 0.25) is 0 Å². The molecule has 1 aliphatic rings. The molecular formula is C25H28N2O5S2. The number of carbonyl (C=O) groups excluding carboxylic acids is 2. The molecule has 1 unspecified atom stereocenters. The number of amides is 1. The second-order valence-corrected chi connectivity index (χ2v) is 9.17. The van der Waals surface area contributed by atoms with Gasteiger partial charge in [0.1, 0.15) is 17.3 Å². The van der Waals surface area contributed by atoms with Crippen molar-refractivity contribution in [2.24, 2.45) is 0 Å². The summed E-state index contributed by atoms with van der Waals surface area (Å²) in [5.74, 6) is -1.57. The summed E-state index contributed by atoms with van der Waals surface area (Å²) >= 11 is 6.06. The van der Waals surface area contributed by atoms with E-state index in [9.17, 15) is 14.4 Å². The molecule has 1 atom stereocenters. The monoisotopic (exact) mass is 500 g/mol. The summed E-state index contributed by atoms with van der Waals surface area (Å²) < 4.78 is 5.22. The van der Waals surface area contributed by atoms with Crippen molar-refractivity contribution in [3.05, 3.63) is 53.5 Å². The Morgan fingerprint density at radius 3 is 2.38 bits per heavy atom. The van der Waals surface area contributed by atoms with Crippen LogP contribution in [-0.2, 0) is 25.5 Å². The maximum atomic E-state index is 12.2. The molecule has 1 fully saturated rings. The molecule has 9 heteroatoms. The van der Waals surface area contributed by atoms with Crippen LogP contribution in [-0.4, -0.2) is 53.4 Å². The summed E-state index contributed by atoms with van der Waals surface area (Å²) in [4.78, 5) is 39.5. The van der Waals surface area contributed by atoms with Gasteiger partial charge in [0, 0.05) is 20.6 Å². The van der Waals surface area contributed by atoms with Crippen LogP contribution >= 0.6 is 23.6 Å². The number of hydrogen-bond acceptors (Lipinski definition) is 7. The molecule has 3 aromatic rings. The first-order valence-electron chi connectivity index (χ1n) is 10.7. The molecule has 2 aromatic carbocycles. The number of rotatable bonds is 8. The maximum Gasteiger partial charge on any atom is 0.326 e. The third-order valence-corrected chi connectivity index (χ3v) is 5.96. The molecule has 7 nitrogen and oxygen atoms in total. The molecule has 180 valence electrons. The minimum absolute atomic E-state index is 0.00485. The Morgan fingerprint density at radius 1 is 1.18 bits per heavy atom. The second-order valence-electron chi connectivity index (χ2n) is 7.48. The predicted octanol–water partition coefficient (Wildman–Crippen LogP) is 4.47. The zero-order chi connectivity index (χ0) is 24.9. The van der Waals surface area contributed by atoms with Crippen LogP contribution in [0.4, 0.5) is 0 Å². The summed E-state index contributed by atoms with van der Waals surface area (Å²) in [5, 5.41) is 12.2. The van der Waals surface area contributed by atoms with Gasteiger partial charge in [0.2, 0.25) is 5.91 Å². The summed E-state index contributed by atoms with van der Waals surface area (Å²) in [6.07, 6.45) is 3.24. The topological polar surface area (TPSA) is 106 Å². The lowest BCUT2D eigenvalue weighted by Gasteiger charge is -2.12. The van der Waals surface area contributed by atoms with E-state index in [1.165, 1.54) is 29.0 Å². The van der Waals surface area contributed by atoms with Gasteiger partial charge in [-0.1, -0.05) is 48.6 Å². The van der Waals surface area contributed by atoms with Crippen LogP contribution < -0.4 is 5.32 Å². The van der Waals surface area contributed by atoms with E-state index in [-0.39, 0.29) is 19.3 Å². The number of ether oxygens (including phenoxy) is 1. The standard InChI is InChI=1S/C20H18N2O4S.C3H4S.C2H6O/c23-10-4-7-15(20(25)26)21-18(24)12-19-22-16-11-14(8-9-17(16)27-19)13-5-2-1-3-6-13;4-3-1-2-3;1-3-2/h1-3,5-6,8-11,15H,4,7,12H2,(H,21,24)(H,25,26);1-2H2;1-2H3. The summed E-state index contributed by atoms with van der Waals surface area (Å²) in [5.41, 5.74) is 2.94. The lowest BCUT2D eigenvalue weighted by molar-refractivity contribution is -0.142. The SMILES string of the molecule is COC.O=CCCC(NC(=O)Cc1nc2cc(-c3ccccc3)ccc2s1)C(=O)O.S=C1CC1. The molecule has 0 spiro atoms. The number of thiazole rings is 1. The lowest BCUT2D eigenvalue weighted by atomic mass is 10.1. The highest BCUT2D eigenvalue weighted by Gasteiger charge is 2.20. The maximum absolute atomic E-state index is 12.2. The number of fused-ring (bicyclic) bond motifs is 1. The Bertz CT molecular complexity index is 1110. The minimum atomic E-state index is -1.15. The number of nitrogens with zero attached hydrogens (tertiary/aromatic N) is 1. The predicted molar refractivity (Wildman–Crippen MR) is 138 cm³/mol. The van der Waals surface area contributed by atoms with E-state index in [0.717, 1.165) is 21.3 Å². The minimum Gasteiger partial charge on any atom is -0.480 e. The summed E-state index contributed by atoms with van der Waals surface area (Å²) in [6.45, 7) is 0. The third kappa shape index (κ3) is 9.46. The number of hydrogen-bond donors (Lipinski definition) is 2. The van der Waals surface area contributed by atoms with Crippen LogP contribution in [0, 0.1) is 0 Å². The average molecular weight is 501 g/mol. The van der Waals surface area contributed by atoms with E-state index in [1.54, 1.807) is 14.2 Å². The molecule has 0 radical (unpaired) electrons. The van der Waals surface area contributed by atoms with E-state index in [4.69, 9.17) is 5.11 Å². The van der Waals surface area contributed by atoms with Gasteiger partial charge in [-0.05, 0) is 47.4 Å². The zero-order valence-electron chi connectivity index (χ0n) is 19.2. The van der Waals surface area contributed by atoms with Crippen LogP contribution in [0.15, 0.2) is 48.5 Å². The van der Waals surface area contributed by atoms with E-state index >= 15 is 0 Å². The highest BCUT2D eigenvalue weighted by molar-refractivity contribution is 7.81. The molecule has 0 aliphatic heterocycles. The van der Waals surface area contributed by atoms with Gasteiger partial charge >= 0.3 is 5.97 Å². The number of methoxy groups -OCH3 is 1. The number of carboxylic acid groups (broad SMARTS) is 1. The summed E-state index contributed by atoms with van der Waals surface area (Å²) in [6, 6.07) is 14.8. The number of carboxylic acids is 1. The fraction of sp³-hybridized carbons (Fsp3) is 0.320. The zero-order valence-corrected chi connectivity index (χ0v) is 20.8. The lowest BCUT2D eigenvalue weighted by Crippen LogP contribution is -2.41. The van der Waals surface area contributed by atoms with Crippen molar-refractivity contribution >= 4 is 56.8 Å². The van der Waals surface area contributed by atoms with Crippen molar-refractivity contribution in [2.75, 3.05) is 14.2 Å². The molecule has 1 aliphatic carbocycles. The molecule has 2 N–H and O–H groups in total. The number of aromatic nitrogens is 1. The highest BCUT2D eigenvalue weighted by Crippen LogP contribution is 2.28. The number of nitrogens with one attached hydrogen (secondary N) is 1. The van der Waals surface area contributed by atoms with Crippen LogP contribution in [0.5, 0.6) is 0 Å². The Kier molecular flexibility index (Phi) is 11.5. The van der Waals surface area contributed by atoms with Gasteiger partial charge < -0.3 is 20.0 Å². The van der Waals surface area contributed by atoms with Crippen molar-refractivity contribution in [3.8, 4) is 11.1 Å². The Morgan fingerprint density at radius 2 is 1.82 bits per heavy atom. The second kappa shape index (κ2) is 14.3. The quantitative estimate of drug-likeness (QED) is 0.347. The van der Waals surface area contributed by atoms with Crippen LogP contribution in [0.1, 0.15) is 30.7 Å². The first kappa shape index (κ1) is 27.2. The number of carbonyl (C=O) groups is 3. The van der Waals surface area contributed by atoms with Crippen LogP contribution in [0.25, 0.3) is 21.3 Å². The molecule has 1 saturated carbocycles. The van der Waals surface area contributed by atoms with E-state index in [0.29, 0.717) is 11.3 Å². The van der Waals surface area contributed by atoms with Gasteiger partial charge in [0.15, 0.2) is 0 Å². The van der Waals surface area contributed by atoms with Crippen molar-refractivity contribution in [1.29, 1.82) is 0 Å².